The first kappa shape index (κ1) is 17.9. The lowest BCUT2D eigenvalue weighted by Crippen LogP contribution is -2.59. The van der Waals surface area contributed by atoms with Gasteiger partial charge in [0.15, 0.2) is 14.1 Å². The molecule has 5 heteroatoms. The molecule has 0 unspecified atom stereocenters. The van der Waals surface area contributed by atoms with Crippen LogP contribution in [0.4, 0.5) is 0 Å². The van der Waals surface area contributed by atoms with Gasteiger partial charge in [0, 0.05) is 24.4 Å². The van der Waals surface area contributed by atoms with Gasteiger partial charge in [-0.2, -0.15) is 0 Å². The van der Waals surface area contributed by atoms with Gasteiger partial charge in [0.05, 0.1) is 12.7 Å². The summed E-state index contributed by atoms with van der Waals surface area (Å²) in [5.74, 6) is 0.512. The van der Waals surface area contributed by atoms with E-state index in [1.807, 2.05) is 0 Å². The smallest absolute Gasteiger partial charge is 0.192 e. The molecule has 2 aliphatic heterocycles. The quantitative estimate of drug-likeness (QED) is 0.433. The fourth-order valence-electron chi connectivity index (χ4n) is 4.84. The summed E-state index contributed by atoms with van der Waals surface area (Å²) in [7, 11) is -1.86. The van der Waals surface area contributed by atoms with Crippen LogP contribution >= 0.6 is 0 Å². The normalized spacial score (nSPS) is 43.2. The van der Waals surface area contributed by atoms with E-state index in [-0.39, 0.29) is 40.0 Å². The lowest BCUT2D eigenvalue weighted by molar-refractivity contribution is -0.163. The SMILES string of the molecule is CC1=C[C@@H]2OC[C@]34O[C@H]3C(=O)C[C@@H]4[C@@]2(CO[Si](C)(C)C(C)(C)C)CC1. The van der Waals surface area contributed by atoms with E-state index in [2.05, 4.69) is 46.9 Å². The van der Waals surface area contributed by atoms with Gasteiger partial charge in [-0.3, -0.25) is 4.79 Å². The molecular weight excluding hydrogens is 332 g/mol. The van der Waals surface area contributed by atoms with E-state index in [9.17, 15) is 4.79 Å². The molecule has 25 heavy (non-hydrogen) atoms. The highest BCUT2D eigenvalue weighted by Gasteiger charge is 2.77. The van der Waals surface area contributed by atoms with Crippen molar-refractivity contribution in [2.75, 3.05) is 13.2 Å². The first-order valence-corrected chi connectivity index (χ1v) is 12.6. The number of carbonyl (C=O) groups is 1. The third kappa shape index (κ3) is 2.46. The Labute approximate surface area is 152 Å². The van der Waals surface area contributed by atoms with E-state index in [4.69, 9.17) is 13.9 Å². The van der Waals surface area contributed by atoms with Gasteiger partial charge >= 0.3 is 0 Å². The molecule has 4 aliphatic rings. The van der Waals surface area contributed by atoms with Crippen molar-refractivity contribution >= 4 is 14.1 Å². The first-order chi connectivity index (χ1) is 11.5. The Kier molecular flexibility index (Phi) is 3.78. The van der Waals surface area contributed by atoms with Crippen LogP contribution in [0, 0.1) is 11.3 Å². The first-order valence-electron chi connectivity index (χ1n) is 9.65. The van der Waals surface area contributed by atoms with Crippen LogP contribution in [0.1, 0.15) is 47.0 Å². The number of ketones is 1. The number of hydrogen-bond acceptors (Lipinski definition) is 4. The Morgan fingerprint density at radius 2 is 2.08 bits per heavy atom. The maximum atomic E-state index is 12.4. The summed E-state index contributed by atoms with van der Waals surface area (Å²) < 4.78 is 18.9. The van der Waals surface area contributed by atoms with Crippen molar-refractivity contribution in [2.24, 2.45) is 11.3 Å². The molecule has 1 spiro atoms. The van der Waals surface area contributed by atoms with Crippen LogP contribution in [0.5, 0.6) is 0 Å². The van der Waals surface area contributed by atoms with Gasteiger partial charge in [0.2, 0.25) is 0 Å². The summed E-state index contributed by atoms with van der Waals surface area (Å²) in [5, 5.41) is 0.177. The van der Waals surface area contributed by atoms with E-state index >= 15 is 0 Å². The minimum atomic E-state index is -1.86. The van der Waals surface area contributed by atoms with E-state index in [1.165, 1.54) is 5.57 Å². The van der Waals surface area contributed by atoms with Crippen molar-refractivity contribution in [1.29, 1.82) is 0 Å². The molecule has 0 aromatic carbocycles. The van der Waals surface area contributed by atoms with E-state index in [1.54, 1.807) is 0 Å². The molecule has 0 radical (unpaired) electrons. The summed E-state index contributed by atoms with van der Waals surface area (Å²) >= 11 is 0. The van der Waals surface area contributed by atoms with Crippen LogP contribution in [-0.4, -0.2) is 45.1 Å². The molecule has 1 saturated carbocycles. The maximum Gasteiger partial charge on any atom is 0.192 e. The fourth-order valence-corrected chi connectivity index (χ4v) is 5.90. The van der Waals surface area contributed by atoms with Crippen molar-refractivity contribution < 1.29 is 18.7 Å². The number of carbonyl (C=O) groups excluding carboxylic acids is 1. The van der Waals surface area contributed by atoms with Crippen LogP contribution in [0.2, 0.25) is 18.1 Å². The molecular formula is C20H32O4Si. The predicted molar refractivity (Wildman–Crippen MR) is 99.0 cm³/mol. The number of rotatable bonds is 3. The van der Waals surface area contributed by atoms with Gasteiger partial charge < -0.3 is 13.9 Å². The molecule has 2 saturated heterocycles. The largest absolute Gasteiger partial charge is 0.416 e. The standard InChI is InChI=1S/C20H32O4Si/c1-13-7-8-19(11-23-25(5,6)18(2,3)4)15-10-14(21)17-20(15,24-17)12-22-16(19)9-13/h9,15-17H,7-8,10-12H2,1-6H3/t15-,16+,17+,19+,20-/m1/s1. The number of hydrogen-bond donors (Lipinski definition) is 0. The van der Waals surface area contributed by atoms with E-state index in [0.29, 0.717) is 19.6 Å². The van der Waals surface area contributed by atoms with Crippen LogP contribution in [0.15, 0.2) is 11.6 Å². The molecule has 4 nitrogen and oxygen atoms in total. The lowest BCUT2D eigenvalue weighted by atomic mass is 9.60. The highest BCUT2D eigenvalue weighted by Crippen LogP contribution is 2.64. The number of fused-ring (bicyclic) bond motifs is 2. The zero-order valence-electron chi connectivity index (χ0n) is 16.5. The van der Waals surface area contributed by atoms with Crippen molar-refractivity contribution in [3.63, 3.8) is 0 Å². The average molecular weight is 365 g/mol. The number of epoxide rings is 1. The monoisotopic (exact) mass is 364 g/mol. The third-order valence-corrected chi connectivity index (χ3v) is 12.2. The Bertz CT molecular complexity index is 634. The summed E-state index contributed by atoms with van der Waals surface area (Å²) in [6.45, 7) is 14.9. The number of ether oxygens (including phenoxy) is 2. The highest BCUT2D eigenvalue weighted by atomic mass is 28.4. The molecule has 4 rings (SSSR count). The minimum absolute atomic E-state index is 0.0531. The summed E-state index contributed by atoms with van der Waals surface area (Å²) in [4.78, 5) is 12.4. The summed E-state index contributed by atoms with van der Waals surface area (Å²) in [6, 6.07) is 0. The van der Waals surface area contributed by atoms with Crippen molar-refractivity contribution in [3.05, 3.63) is 11.6 Å². The molecule has 3 fully saturated rings. The number of allylic oxidation sites excluding steroid dienone is 1. The Balaban J connectivity index is 1.66. The Hall–Kier alpha value is -0.493. The Morgan fingerprint density at radius 1 is 1.36 bits per heavy atom. The fraction of sp³-hybridized carbons (Fsp3) is 0.850. The molecule has 2 heterocycles. The second-order valence-corrected chi connectivity index (χ2v) is 15.0. The van der Waals surface area contributed by atoms with Crippen molar-refractivity contribution in [1.82, 2.24) is 0 Å². The van der Waals surface area contributed by atoms with Gasteiger partial charge in [-0.25, -0.2) is 0 Å². The second-order valence-electron chi connectivity index (χ2n) is 10.2. The predicted octanol–water partition coefficient (Wildman–Crippen LogP) is 3.86. The molecule has 5 atom stereocenters. The highest BCUT2D eigenvalue weighted by molar-refractivity contribution is 6.74. The van der Waals surface area contributed by atoms with Crippen LogP contribution in [0.3, 0.4) is 0 Å². The lowest BCUT2D eigenvalue weighted by Gasteiger charge is -2.53. The van der Waals surface area contributed by atoms with Gasteiger partial charge in [0.25, 0.3) is 0 Å². The maximum absolute atomic E-state index is 12.4. The van der Waals surface area contributed by atoms with Gasteiger partial charge in [0.1, 0.15) is 11.7 Å². The Morgan fingerprint density at radius 3 is 2.72 bits per heavy atom. The van der Waals surface area contributed by atoms with Crippen molar-refractivity contribution in [2.45, 2.75) is 82.9 Å². The van der Waals surface area contributed by atoms with Gasteiger partial charge in [-0.15, -0.1) is 0 Å². The van der Waals surface area contributed by atoms with E-state index in [0.717, 1.165) is 12.8 Å². The topological polar surface area (TPSA) is 48.1 Å². The number of Topliss-reactive ketones (excluding diaryl/α,β-unsaturated/α-hetero) is 1. The van der Waals surface area contributed by atoms with E-state index < -0.39 is 8.32 Å². The van der Waals surface area contributed by atoms with Crippen LogP contribution in [-0.2, 0) is 18.7 Å². The molecule has 140 valence electrons. The molecule has 0 amide bonds. The molecule has 0 aromatic rings. The zero-order valence-corrected chi connectivity index (χ0v) is 17.5. The molecule has 0 bridgehead atoms. The third-order valence-electron chi connectivity index (χ3n) is 7.69. The zero-order chi connectivity index (χ0) is 18.3. The van der Waals surface area contributed by atoms with Crippen molar-refractivity contribution in [3.8, 4) is 0 Å². The second kappa shape index (κ2) is 5.28. The van der Waals surface area contributed by atoms with Gasteiger partial charge in [-0.05, 0) is 37.9 Å². The average Bonchev–Trinajstić information content (AvgIpc) is 3.16. The molecule has 0 aromatic heterocycles. The van der Waals surface area contributed by atoms with Crippen LogP contribution in [0.25, 0.3) is 0 Å². The molecule has 2 aliphatic carbocycles. The molecule has 0 N–H and O–H groups in total. The summed E-state index contributed by atoms with van der Waals surface area (Å²) in [6.07, 6.45) is 4.85. The van der Waals surface area contributed by atoms with Crippen LogP contribution < -0.4 is 0 Å². The summed E-state index contributed by atoms with van der Waals surface area (Å²) in [5.41, 5.74) is 0.930. The van der Waals surface area contributed by atoms with Gasteiger partial charge in [-0.1, -0.05) is 32.4 Å². The minimum Gasteiger partial charge on any atom is -0.416 e.